The second kappa shape index (κ2) is 9.45. The van der Waals surface area contributed by atoms with Gasteiger partial charge in [0.2, 0.25) is 11.7 Å². The number of nitrogens with one attached hydrogen (secondary N) is 1. The van der Waals surface area contributed by atoms with Crippen molar-refractivity contribution in [2.24, 2.45) is 0 Å². The van der Waals surface area contributed by atoms with Gasteiger partial charge in [-0.25, -0.2) is 4.98 Å². The van der Waals surface area contributed by atoms with Gasteiger partial charge in [0, 0.05) is 22.0 Å². The molecule has 0 aliphatic carbocycles. The number of aromatic nitrogens is 1. The molecule has 0 saturated carbocycles. The Balaban J connectivity index is 1.73. The molecule has 1 aromatic heterocycles. The predicted octanol–water partition coefficient (Wildman–Crippen LogP) is 5.14. The van der Waals surface area contributed by atoms with Gasteiger partial charge in [0.25, 0.3) is 0 Å². The van der Waals surface area contributed by atoms with Crippen LogP contribution in [-0.4, -0.2) is 32.2 Å². The Morgan fingerprint density at radius 2 is 1.79 bits per heavy atom. The fourth-order valence-electron chi connectivity index (χ4n) is 2.64. The Hall–Kier alpha value is -3.03. The first-order valence-electron chi connectivity index (χ1n) is 8.55. The third kappa shape index (κ3) is 4.88. The number of benzene rings is 2. The number of hydrogen-bond acceptors (Lipinski definition) is 6. The van der Waals surface area contributed by atoms with Crippen LogP contribution in [0.3, 0.4) is 0 Å². The fourth-order valence-corrected chi connectivity index (χ4v) is 3.59. The lowest BCUT2D eigenvalue weighted by Gasteiger charge is -2.12. The number of thiazole rings is 1. The van der Waals surface area contributed by atoms with E-state index in [1.165, 1.54) is 38.7 Å². The lowest BCUT2D eigenvalue weighted by Crippen LogP contribution is -2.07. The number of carbonyl (C=O) groups is 1. The lowest BCUT2D eigenvalue weighted by atomic mass is 10.1. The Bertz CT molecular complexity index is 1020. The second-order valence-corrected chi connectivity index (χ2v) is 7.06. The first-order valence-corrected chi connectivity index (χ1v) is 9.81. The number of methoxy groups -OCH3 is 3. The maximum Gasteiger partial charge on any atom is 0.250 e. The number of rotatable bonds is 7. The molecule has 2 aromatic carbocycles. The van der Waals surface area contributed by atoms with Gasteiger partial charge in [0.05, 0.1) is 27.0 Å². The second-order valence-electron chi connectivity index (χ2n) is 5.80. The van der Waals surface area contributed by atoms with E-state index in [1.807, 2.05) is 23.6 Å². The summed E-state index contributed by atoms with van der Waals surface area (Å²) in [5, 5.41) is 5.69. The smallest absolute Gasteiger partial charge is 0.250 e. The van der Waals surface area contributed by atoms with E-state index in [0.29, 0.717) is 33.1 Å². The van der Waals surface area contributed by atoms with Crippen LogP contribution in [0.25, 0.3) is 17.3 Å². The van der Waals surface area contributed by atoms with Crippen molar-refractivity contribution in [3.05, 3.63) is 58.4 Å². The van der Waals surface area contributed by atoms with Gasteiger partial charge in [0.15, 0.2) is 16.6 Å². The highest BCUT2D eigenvalue weighted by molar-refractivity contribution is 7.14. The van der Waals surface area contributed by atoms with E-state index >= 15 is 0 Å². The van der Waals surface area contributed by atoms with Gasteiger partial charge in [-0.1, -0.05) is 29.8 Å². The van der Waals surface area contributed by atoms with Crippen molar-refractivity contribution in [3.63, 3.8) is 0 Å². The van der Waals surface area contributed by atoms with Crippen LogP contribution >= 0.6 is 22.9 Å². The topological polar surface area (TPSA) is 69.7 Å². The fraction of sp³-hybridized carbons (Fsp3) is 0.143. The van der Waals surface area contributed by atoms with E-state index in [4.69, 9.17) is 25.8 Å². The third-order valence-electron chi connectivity index (χ3n) is 4.00. The molecule has 0 aliphatic heterocycles. The molecule has 3 rings (SSSR count). The molecule has 0 atom stereocenters. The van der Waals surface area contributed by atoms with Crippen LogP contribution in [0.15, 0.2) is 47.9 Å². The van der Waals surface area contributed by atoms with Gasteiger partial charge in [-0.05, 0) is 29.8 Å². The molecule has 8 heteroatoms. The monoisotopic (exact) mass is 430 g/mol. The first kappa shape index (κ1) is 20.7. The van der Waals surface area contributed by atoms with Crippen LogP contribution in [0.5, 0.6) is 17.2 Å². The molecule has 0 saturated heterocycles. The molecule has 3 aromatic rings. The van der Waals surface area contributed by atoms with Crippen molar-refractivity contribution in [3.8, 4) is 28.5 Å². The molecule has 0 bridgehead atoms. The molecular weight excluding hydrogens is 412 g/mol. The molecule has 0 unspecified atom stereocenters. The molecular formula is C21H19ClN2O4S. The minimum absolute atomic E-state index is 0.307. The predicted molar refractivity (Wildman–Crippen MR) is 116 cm³/mol. The number of hydrogen-bond donors (Lipinski definition) is 1. The van der Waals surface area contributed by atoms with Gasteiger partial charge in [-0.2, -0.15) is 0 Å². The molecule has 0 aliphatic rings. The van der Waals surface area contributed by atoms with Gasteiger partial charge < -0.3 is 14.2 Å². The van der Waals surface area contributed by atoms with Crippen molar-refractivity contribution in [1.29, 1.82) is 0 Å². The number of carbonyl (C=O) groups excluding carboxylic acids is 1. The average molecular weight is 431 g/mol. The van der Waals surface area contributed by atoms with Crippen molar-refractivity contribution in [2.75, 3.05) is 26.6 Å². The molecule has 150 valence electrons. The summed E-state index contributed by atoms with van der Waals surface area (Å²) in [7, 11) is 4.61. The first-order chi connectivity index (χ1) is 14.0. The Labute approximate surface area is 177 Å². The molecule has 1 amide bonds. The maximum atomic E-state index is 12.3. The highest BCUT2D eigenvalue weighted by Gasteiger charge is 2.13. The summed E-state index contributed by atoms with van der Waals surface area (Å²) in [5.41, 5.74) is 2.26. The van der Waals surface area contributed by atoms with E-state index in [-0.39, 0.29) is 5.91 Å². The number of amides is 1. The zero-order valence-electron chi connectivity index (χ0n) is 16.1. The van der Waals surface area contributed by atoms with E-state index in [9.17, 15) is 4.79 Å². The molecule has 0 radical (unpaired) electrons. The van der Waals surface area contributed by atoms with Crippen LogP contribution in [-0.2, 0) is 4.79 Å². The summed E-state index contributed by atoms with van der Waals surface area (Å²) in [6, 6.07) is 10.9. The van der Waals surface area contributed by atoms with Gasteiger partial charge >= 0.3 is 0 Å². The van der Waals surface area contributed by atoms with Crippen molar-refractivity contribution in [1.82, 2.24) is 4.98 Å². The summed E-state index contributed by atoms with van der Waals surface area (Å²) in [6.45, 7) is 0. The molecule has 6 nitrogen and oxygen atoms in total. The zero-order valence-corrected chi connectivity index (χ0v) is 17.6. The number of halogens is 1. The number of ether oxygens (including phenoxy) is 3. The lowest BCUT2D eigenvalue weighted by molar-refractivity contribution is -0.111. The molecule has 0 fully saturated rings. The Kier molecular flexibility index (Phi) is 6.74. The number of anilines is 1. The molecule has 29 heavy (non-hydrogen) atoms. The minimum atomic E-state index is -0.307. The molecule has 1 N–H and O–H groups in total. The van der Waals surface area contributed by atoms with Crippen LogP contribution < -0.4 is 19.5 Å². The Morgan fingerprint density at radius 1 is 1.10 bits per heavy atom. The minimum Gasteiger partial charge on any atom is -0.493 e. The van der Waals surface area contributed by atoms with E-state index in [1.54, 1.807) is 24.3 Å². The summed E-state index contributed by atoms with van der Waals surface area (Å²) in [6.07, 6.45) is 3.07. The third-order valence-corrected chi connectivity index (χ3v) is 5.09. The highest BCUT2D eigenvalue weighted by atomic mass is 35.5. The van der Waals surface area contributed by atoms with E-state index < -0.39 is 0 Å². The quantitative estimate of drug-likeness (QED) is 0.525. The standard InChI is InChI=1S/C21H19ClN2O4S/c1-26-17-10-13(11-18(27-2)20(17)28-3)8-9-19(25)24-21-23-16(12-29-21)14-6-4-5-7-15(14)22/h4-12H,1-3H3,(H,23,24,25). The summed E-state index contributed by atoms with van der Waals surface area (Å²) in [4.78, 5) is 16.7. The summed E-state index contributed by atoms with van der Waals surface area (Å²) >= 11 is 7.53. The van der Waals surface area contributed by atoms with Gasteiger partial charge in [-0.3, -0.25) is 10.1 Å². The maximum absolute atomic E-state index is 12.3. The SMILES string of the molecule is COc1cc(C=CC(=O)Nc2nc(-c3ccccc3Cl)cs2)cc(OC)c1OC. The van der Waals surface area contributed by atoms with Crippen molar-refractivity contribution in [2.45, 2.75) is 0 Å². The van der Waals surface area contributed by atoms with Crippen LogP contribution in [0, 0.1) is 0 Å². The largest absolute Gasteiger partial charge is 0.493 e. The van der Waals surface area contributed by atoms with Crippen LogP contribution in [0.2, 0.25) is 5.02 Å². The van der Waals surface area contributed by atoms with Crippen LogP contribution in [0.4, 0.5) is 5.13 Å². The van der Waals surface area contributed by atoms with Crippen LogP contribution in [0.1, 0.15) is 5.56 Å². The highest BCUT2D eigenvalue weighted by Crippen LogP contribution is 2.38. The average Bonchev–Trinajstić information content (AvgIpc) is 3.19. The van der Waals surface area contributed by atoms with E-state index in [2.05, 4.69) is 10.3 Å². The van der Waals surface area contributed by atoms with Crippen molar-refractivity contribution < 1.29 is 19.0 Å². The Morgan fingerprint density at radius 3 is 2.41 bits per heavy atom. The normalized spacial score (nSPS) is 10.8. The summed E-state index contributed by atoms with van der Waals surface area (Å²) in [5.74, 6) is 1.21. The van der Waals surface area contributed by atoms with E-state index in [0.717, 1.165) is 11.1 Å². The molecule has 1 heterocycles. The van der Waals surface area contributed by atoms with Crippen molar-refractivity contribution >= 4 is 40.1 Å². The zero-order chi connectivity index (χ0) is 20.8. The number of nitrogens with zero attached hydrogens (tertiary/aromatic N) is 1. The van der Waals surface area contributed by atoms with Gasteiger partial charge in [-0.15, -0.1) is 11.3 Å². The molecule has 0 spiro atoms. The van der Waals surface area contributed by atoms with Gasteiger partial charge in [0.1, 0.15) is 0 Å². The summed E-state index contributed by atoms with van der Waals surface area (Å²) < 4.78 is 15.9.